The third-order valence-electron chi connectivity index (χ3n) is 3.18. The summed E-state index contributed by atoms with van der Waals surface area (Å²) in [6, 6.07) is 5.62. The summed E-state index contributed by atoms with van der Waals surface area (Å²) in [5.74, 6) is 0.586. The van der Waals surface area contributed by atoms with Gasteiger partial charge in [-0.1, -0.05) is 15.9 Å². The Hall–Kier alpha value is -0.390. The van der Waals surface area contributed by atoms with E-state index in [9.17, 15) is 4.79 Å². The van der Waals surface area contributed by atoms with E-state index < -0.39 is 0 Å². The summed E-state index contributed by atoms with van der Waals surface area (Å²) in [5, 5.41) is 6.34. The van der Waals surface area contributed by atoms with Gasteiger partial charge in [-0.2, -0.15) is 0 Å². The average molecular weight is 376 g/mol. The summed E-state index contributed by atoms with van der Waals surface area (Å²) in [5.41, 5.74) is 0.679. The molecule has 2 N–H and O–H groups in total. The molecule has 1 saturated heterocycles. The molecule has 5 heteroatoms. The Bertz CT molecular complexity index is 431. The van der Waals surface area contributed by atoms with Crippen LogP contribution in [0.15, 0.2) is 27.1 Å². The van der Waals surface area contributed by atoms with Crippen LogP contribution in [0.5, 0.6) is 0 Å². The first-order chi connectivity index (χ1) is 8.66. The number of carbonyl (C=O) groups is 1. The number of nitrogens with one attached hydrogen (secondary N) is 2. The van der Waals surface area contributed by atoms with E-state index in [0.717, 1.165) is 41.4 Å². The van der Waals surface area contributed by atoms with Crippen molar-refractivity contribution in [2.75, 3.05) is 19.6 Å². The van der Waals surface area contributed by atoms with Gasteiger partial charge < -0.3 is 10.6 Å². The summed E-state index contributed by atoms with van der Waals surface area (Å²) in [6.07, 6.45) is 2.28. The molecule has 0 aliphatic carbocycles. The van der Waals surface area contributed by atoms with Gasteiger partial charge in [-0.3, -0.25) is 4.79 Å². The molecule has 1 heterocycles. The number of hydrogen-bond acceptors (Lipinski definition) is 2. The Morgan fingerprint density at radius 3 is 2.78 bits per heavy atom. The van der Waals surface area contributed by atoms with Gasteiger partial charge in [0.1, 0.15) is 0 Å². The van der Waals surface area contributed by atoms with E-state index in [1.165, 1.54) is 0 Å². The van der Waals surface area contributed by atoms with Gasteiger partial charge in [-0.15, -0.1) is 0 Å². The molecule has 0 atom stereocenters. The van der Waals surface area contributed by atoms with E-state index in [1.807, 2.05) is 18.2 Å². The quantitative estimate of drug-likeness (QED) is 0.852. The van der Waals surface area contributed by atoms with Crippen molar-refractivity contribution in [1.29, 1.82) is 0 Å². The van der Waals surface area contributed by atoms with Crippen LogP contribution in [0.1, 0.15) is 23.2 Å². The summed E-state index contributed by atoms with van der Waals surface area (Å²) in [7, 11) is 0. The Morgan fingerprint density at radius 2 is 2.06 bits per heavy atom. The number of hydrogen-bond donors (Lipinski definition) is 2. The van der Waals surface area contributed by atoms with Gasteiger partial charge in [-0.25, -0.2) is 0 Å². The zero-order valence-electron chi connectivity index (χ0n) is 10.0. The summed E-state index contributed by atoms with van der Waals surface area (Å²) >= 11 is 6.79. The van der Waals surface area contributed by atoms with Crippen LogP contribution < -0.4 is 10.6 Å². The molecule has 0 bridgehead atoms. The summed E-state index contributed by atoms with van der Waals surface area (Å²) < 4.78 is 1.74. The second-order valence-corrected chi connectivity index (χ2v) is 6.30. The van der Waals surface area contributed by atoms with E-state index in [0.29, 0.717) is 11.5 Å². The Morgan fingerprint density at radius 1 is 1.33 bits per heavy atom. The smallest absolute Gasteiger partial charge is 0.252 e. The lowest BCUT2D eigenvalue weighted by Gasteiger charge is -2.22. The third kappa shape index (κ3) is 3.80. The molecule has 18 heavy (non-hydrogen) atoms. The fourth-order valence-electron chi connectivity index (χ4n) is 2.09. The molecule has 1 aromatic carbocycles. The number of rotatable bonds is 3. The van der Waals surface area contributed by atoms with Gasteiger partial charge in [0, 0.05) is 15.5 Å². The summed E-state index contributed by atoms with van der Waals surface area (Å²) in [4.78, 5) is 12.1. The normalized spacial score (nSPS) is 16.6. The molecule has 0 radical (unpaired) electrons. The van der Waals surface area contributed by atoms with Gasteiger partial charge in [0.05, 0.1) is 5.56 Å². The minimum atomic E-state index is -0.0123. The maximum Gasteiger partial charge on any atom is 0.252 e. The molecule has 3 nitrogen and oxygen atoms in total. The van der Waals surface area contributed by atoms with Crippen LogP contribution >= 0.6 is 31.9 Å². The Balaban J connectivity index is 1.92. The standard InChI is InChI=1S/C13H16Br2N2O/c14-10-1-2-12(15)11(7-10)13(18)17-8-9-3-5-16-6-4-9/h1-2,7,9,16H,3-6,8H2,(H,17,18). The van der Waals surface area contributed by atoms with Crippen LogP contribution in [0.2, 0.25) is 0 Å². The van der Waals surface area contributed by atoms with Crippen LogP contribution in [0.25, 0.3) is 0 Å². The predicted molar refractivity (Wildman–Crippen MR) is 79.8 cm³/mol. The molecular formula is C13H16Br2N2O. The fraction of sp³-hybridized carbons (Fsp3) is 0.462. The van der Waals surface area contributed by atoms with Crippen LogP contribution in [0, 0.1) is 5.92 Å². The molecule has 0 aromatic heterocycles. The molecule has 1 fully saturated rings. The Labute approximate surface area is 124 Å². The summed E-state index contributed by atoms with van der Waals surface area (Å²) in [6.45, 7) is 2.88. The lowest BCUT2D eigenvalue weighted by molar-refractivity contribution is 0.0943. The van der Waals surface area contributed by atoms with Crippen LogP contribution in [-0.4, -0.2) is 25.5 Å². The lowest BCUT2D eigenvalue weighted by Crippen LogP contribution is -2.36. The molecular weight excluding hydrogens is 360 g/mol. The number of piperidine rings is 1. The SMILES string of the molecule is O=C(NCC1CCNCC1)c1cc(Br)ccc1Br. The second-order valence-electron chi connectivity index (χ2n) is 4.53. The second kappa shape index (κ2) is 6.68. The zero-order chi connectivity index (χ0) is 13.0. The number of halogens is 2. The van der Waals surface area contributed by atoms with Crippen molar-refractivity contribution < 1.29 is 4.79 Å². The predicted octanol–water partition coefficient (Wildman–Crippen LogP) is 2.94. The molecule has 0 spiro atoms. The molecule has 98 valence electrons. The highest BCUT2D eigenvalue weighted by molar-refractivity contribution is 9.11. The van der Waals surface area contributed by atoms with Crippen molar-refractivity contribution >= 4 is 37.8 Å². The van der Waals surface area contributed by atoms with E-state index in [1.54, 1.807) is 0 Å². The van der Waals surface area contributed by atoms with E-state index in [4.69, 9.17) is 0 Å². The monoisotopic (exact) mass is 374 g/mol. The number of benzene rings is 1. The first-order valence-corrected chi connectivity index (χ1v) is 7.69. The maximum absolute atomic E-state index is 12.1. The molecule has 1 aromatic rings. The maximum atomic E-state index is 12.1. The van der Waals surface area contributed by atoms with Crippen LogP contribution in [-0.2, 0) is 0 Å². The lowest BCUT2D eigenvalue weighted by atomic mass is 9.98. The van der Waals surface area contributed by atoms with Crippen molar-refractivity contribution in [3.63, 3.8) is 0 Å². The highest BCUT2D eigenvalue weighted by Gasteiger charge is 2.15. The van der Waals surface area contributed by atoms with Crippen LogP contribution in [0.4, 0.5) is 0 Å². The largest absolute Gasteiger partial charge is 0.352 e. The van der Waals surface area contributed by atoms with Gasteiger partial charge in [0.15, 0.2) is 0 Å². The molecule has 1 aliphatic heterocycles. The van der Waals surface area contributed by atoms with Crippen molar-refractivity contribution in [1.82, 2.24) is 10.6 Å². The first kappa shape index (κ1) is 14.0. The van der Waals surface area contributed by atoms with E-state index >= 15 is 0 Å². The first-order valence-electron chi connectivity index (χ1n) is 6.11. The van der Waals surface area contributed by atoms with Gasteiger partial charge >= 0.3 is 0 Å². The molecule has 0 saturated carbocycles. The van der Waals surface area contributed by atoms with Gasteiger partial charge in [0.2, 0.25) is 0 Å². The average Bonchev–Trinajstić information content (AvgIpc) is 2.40. The van der Waals surface area contributed by atoms with Crippen LogP contribution in [0.3, 0.4) is 0 Å². The number of amides is 1. The highest BCUT2D eigenvalue weighted by Crippen LogP contribution is 2.21. The fourth-order valence-corrected chi connectivity index (χ4v) is 2.88. The van der Waals surface area contributed by atoms with Gasteiger partial charge in [0.25, 0.3) is 5.91 Å². The minimum Gasteiger partial charge on any atom is -0.352 e. The minimum absolute atomic E-state index is 0.0123. The van der Waals surface area contributed by atoms with Gasteiger partial charge in [-0.05, 0) is 66.0 Å². The van der Waals surface area contributed by atoms with Crippen molar-refractivity contribution in [3.8, 4) is 0 Å². The molecule has 2 rings (SSSR count). The van der Waals surface area contributed by atoms with E-state index in [-0.39, 0.29) is 5.91 Å². The van der Waals surface area contributed by atoms with Crippen molar-refractivity contribution in [2.24, 2.45) is 5.92 Å². The van der Waals surface area contributed by atoms with Crippen molar-refractivity contribution in [2.45, 2.75) is 12.8 Å². The van der Waals surface area contributed by atoms with E-state index in [2.05, 4.69) is 42.5 Å². The highest BCUT2D eigenvalue weighted by atomic mass is 79.9. The molecule has 0 unspecified atom stereocenters. The molecule has 1 amide bonds. The van der Waals surface area contributed by atoms with Crippen molar-refractivity contribution in [3.05, 3.63) is 32.7 Å². The Kier molecular flexibility index (Phi) is 5.21. The number of carbonyl (C=O) groups excluding carboxylic acids is 1. The third-order valence-corrected chi connectivity index (χ3v) is 4.37. The molecule has 1 aliphatic rings. The zero-order valence-corrected chi connectivity index (χ0v) is 13.2. The topological polar surface area (TPSA) is 41.1 Å².